The minimum Gasteiger partial charge on any atom is -0.402 e. The largest absolute Gasteiger partial charge is 0.402 e. The molecule has 0 aliphatic rings. The van der Waals surface area contributed by atoms with Gasteiger partial charge in [-0.25, -0.2) is 0 Å². The molecule has 0 aliphatic carbocycles. The molecule has 0 atom stereocenters. The van der Waals surface area contributed by atoms with Crippen LogP contribution in [0.25, 0.3) is 6.08 Å². The highest BCUT2D eigenvalue weighted by Crippen LogP contribution is 2.15. The van der Waals surface area contributed by atoms with Crippen molar-refractivity contribution in [3.05, 3.63) is 28.1 Å². The third-order valence-corrected chi connectivity index (χ3v) is 4.36. The topological polar surface area (TPSA) is 52.0 Å². The van der Waals surface area contributed by atoms with Crippen molar-refractivity contribution in [1.29, 1.82) is 0 Å². The number of hydrogen-bond acceptors (Lipinski definition) is 3. The monoisotopic (exact) mass is 294 g/mol. The summed E-state index contributed by atoms with van der Waals surface area (Å²) in [4.78, 5) is 1.26. The fraction of sp³-hybridized carbons (Fsp3) is 0.647. The van der Waals surface area contributed by atoms with Crippen molar-refractivity contribution in [3.8, 4) is 0 Å². The zero-order valence-corrected chi connectivity index (χ0v) is 13.5. The quantitative estimate of drug-likeness (QED) is 0.538. The first-order chi connectivity index (χ1) is 9.83. The van der Waals surface area contributed by atoms with Gasteiger partial charge in [0, 0.05) is 10.6 Å². The molecule has 0 aromatic carbocycles. The van der Waals surface area contributed by atoms with Gasteiger partial charge >= 0.3 is 0 Å². The van der Waals surface area contributed by atoms with Crippen LogP contribution < -0.4 is 11.5 Å². The Labute approximate surface area is 128 Å². The Bertz CT molecular complexity index is 344. The van der Waals surface area contributed by atoms with Crippen LogP contribution in [0, 0.1) is 0 Å². The molecule has 1 aromatic heterocycles. The van der Waals surface area contributed by atoms with Gasteiger partial charge in [-0.15, -0.1) is 11.3 Å². The first-order valence-electron chi connectivity index (χ1n) is 8.02. The Morgan fingerprint density at radius 3 is 2.10 bits per heavy atom. The van der Waals surface area contributed by atoms with Crippen molar-refractivity contribution in [1.82, 2.24) is 0 Å². The lowest BCUT2D eigenvalue weighted by molar-refractivity contribution is 0.560. The Morgan fingerprint density at radius 2 is 1.55 bits per heavy atom. The minimum atomic E-state index is 0.848. The highest BCUT2D eigenvalue weighted by atomic mass is 32.1. The summed E-state index contributed by atoms with van der Waals surface area (Å²) in [6.07, 6.45) is 15.0. The van der Waals surface area contributed by atoms with Crippen LogP contribution in [0.3, 0.4) is 0 Å². The van der Waals surface area contributed by atoms with E-state index in [1.54, 1.807) is 11.3 Å². The van der Waals surface area contributed by atoms with E-state index in [-0.39, 0.29) is 0 Å². The van der Waals surface area contributed by atoms with E-state index in [4.69, 9.17) is 11.5 Å². The highest BCUT2D eigenvalue weighted by Gasteiger charge is 1.95. The van der Waals surface area contributed by atoms with Crippen LogP contribution in [0.5, 0.6) is 0 Å². The third-order valence-electron chi connectivity index (χ3n) is 3.54. The Balaban J connectivity index is 1.89. The predicted molar refractivity (Wildman–Crippen MR) is 91.7 cm³/mol. The van der Waals surface area contributed by atoms with Gasteiger partial charge in [-0.1, -0.05) is 51.0 Å². The molecular formula is C17H30N2S. The van der Waals surface area contributed by atoms with Crippen molar-refractivity contribution in [2.24, 2.45) is 11.5 Å². The lowest BCUT2D eigenvalue weighted by Gasteiger charge is -2.03. The fourth-order valence-electron chi connectivity index (χ4n) is 2.34. The molecule has 4 N–H and O–H groups in total. The normalized spacial score (nSPS) is 11.9. The molecule has 1 aromatic rings. The van der Waals surface area contributed by atoms with Crippen molar-refractivity contribution in [2.75, 3.05) is 6.54 Å². The molecule has 0 saturated carbocycles. The van der Waals surface area contributed by atoms with E-state index < -0.39 is 0 Å². The predicted octanol–water partition coefficient (Wildman–Crippen LogP) is 4.91. The average Bonchev–Trinajstić information content (AvgIpc) is 2.93. The molecule has 20 heavy (non-hydrogen) atoms. The summed E-state index contributed by atoms with van der Waals surface area (Å²) >= 11 is 1.75. The van der Waals surface area contributed by atoms with Crippen LogP contribution in [-0.4, -0.2) is 6.54 Å². The lowest BCUT2D eigenvalue weighted by atomic mass is 10.1. The van der Waals surface area contributed by atoms with Crippen molar-refractivity contribution in [3.63, 3.8) is 0 Å². The second-order valence-corrected chi connectivity index (χ2v) is 6.43. The summed E-state index contributed by atoms with van der Waals surface area (Å²) < 4.78 is 0. The maximum absolute atomic E-state index is 6.03. The summed E-state index contributed by atoms with van der Waals surface area (Å²) in [5, 5.41) is 2.09. The molecule has 0 unspecified atom stereocenters. The van der Waals surface area contributed by atoms with E-state index in [2.05, 4.69) is 23.6 Å². The van der Waals surface area contributed by atoms with Gasteiger partial charge < -0.3 is 11.5 Å². The van der Waals surface area contributed by atoms with Crippen molar-refractivity contribution >= 4 is 17.4 Å². The van der Waals surface area contributed by atoms with E-state index in [0.29, 0.717) is 0 Å². The van der Waals surface area contributed by atoms with E-state index in [0.717, 1.165) is 18.7 Å². The molecule has 1 heterocycles. The van der Waals surface area contributed by atoms with Crippen molar-refractivity contribution < 1.29 is 0 Å². The maximum Gasteiger partial charge on any atom is 0.0287 e. The molecule has 1 rings (SSSR count). The zero-order valence-electron chi connectivity index (χ0n) is 12.7. The molecular weight excluding hydrogens is 264 g/mol. The smallest absolute Gasteiger partial charge is 0.0287 e. The Morgan fingerprint density at radius 1 is 0.950 bits per heavy atom. The van der Waals surface area contributed by atoms with Gasteiger partial charge in [0.25, 0.3) is 0 Å². The summed E-state index contributed by atoms with van der Waals surface area (Å²) in [6, 6.07) is 4.18. The molecule has 114 valence electrons. The second kappa shape index (κ2) is 12.0. The average molecular weight is 295 g/mol. The van der Waals surface area contributed by atoms with Gasteiger partial charge in [0.2, 0.25) is 0 Å². The highest BCUT2D eigenvalue weighted by molar-refractivity contribution is 7.10. The second-order valence-electron chi connectivity index (χ2n) is 5.46. The van der Waals surface area contributed by atoms with Gasteiger partial charge in [-0.05, 0) is 43.3 Å². The molecule has 0 saturated heterocycles. The summed E-state index contributed by atoms with van der Waals surface area (Å²) in [6.45, 7) is 0.848. The first-order valence-corrected chi connectivity index (χ1v) is 8.90. The number of unbranched alkanes of at least 4 members (excludes halogenated alkanes) is 8. The van der Waals surface area contributed by atoms with Crippen LogP contribution in [-0.2, 0) is 0 Å². The van der Waals surface area contributed by atoms with E-state index >= 15 is 0 Å². The molecule has 0 fully saturated rings. The summed E-state index contributed by atoms with van der Waals surface area (Å²) in [5.74, 6) is 0. The van der Waals surface area contributed by atoms with Crippen LogP contribution >= 0.6 is 11.3 Å². The molecule has 0 bridgehead atoms. The standard InChI is InChI=1S/C17H30N2S/c18-13-9-7-5-3-1-2-4-6-8-11-16(19)15-17-12-10-14-20-17/h10,12,14-15H,1-9,11,13,18-19H2. The van der Waals surface area contributed by atoms with Crippen LogP contribution in [0.4, 0.5) is 0 Å². The third kappa shape index (κ3) is 9.16. The number of thiophene rings is 1. The Kier molecular flexibility index (Phi) is 10.3. The van der Waals surface area contributed by atoms with Gasteiger partial charge in [-0.3, -0.25) is 0 Å². The van der Waals surface area contributed by atoms with E-state index in [1.807, 2.05) is 0 Å². The molecule has 0 spiro atoms. The van der Waals surface area contributed by atoms with Crippen LogP contribution in [0.15, 0.2) is 23.2 Å². The molecule has 3 heteroatoms. The number of rotatable bonds is 12. The maximum atomic E-state index is 6.03. The zero-order chi connectivity index (χ0) is 14.5. The number of allylic oxidation sites excluding steroid dienone is 1. The fourth-order valence-corrected chi connectivity index (χ4v) is 3.03. The lowest BCUT2D eigenvalue weighted by Crippen LogP contribution is -1.97. The minimum absolute atomic E-state index is 0.848. The summed E-state index contributed by atoms with van der Waals surface area (Å²) in [5.41, 5.74) is 12.5. The van der Waals surface area contributed by atoms with E-state index in [1.165, 1.54) is 62.7 Å². The summed E-state index contributed by atoms with van der Waals surface area (Å²) in [7, 11) is 0. The van der Waals surface area contributed by atoms with Gasteiger partial charge in [0.1, 0.15) is 0 Å². The Hall–Kier alpha value is -0.800. The molecule has 0 amide bonds. The molecule has 2 nitrogen and oxygen atoms in total. The van der Waals surface area contributed by atoms with E-state index in [9.17, 15) is 0 Å². The number of hydrogen-bond donors (Lipinski definition) is 2. The molecule has 0 radical (unpaired) electrons. The molecule has 0 aliphatic heterocycles. The SMILES string of the molecule is NCCCCCCCCCCCC(N)=Cc1cccs1. The van der Waals surface area contributed by atoms with Gasteiger partial charge in [-0.2, -0.15) is 0 Å². The van der Waals surface area contributed by atoms with Crippen LogP contribution in [0.2, 0.25) is 0 Å². The number of nitrogens with two attached hydrogens (primary N) is 2. The van der Waals surface area contributed by atoms with Crippen LogP contribution in [0.1, 0.15) is 69.1 Å². The first kappa shape index (κ1) is 17.3. The van der Waals surface area contributed by atoms with Gasteiger partial charge in [0.15, 0.2) is 0 Å². The van der Waals surface area contributed by atoms with Gasteiger partial charge in [0.05, 0.1) is 0 Å². The van der Waals surface area contributed by atoms with Crippen molar-refractivity contribution in [2.45, 2.75) is 64.2 Å².